The van der Waals surface area contributed by atoms with E-state index in [1.165, 1.54) is 12.8 Å². The summed E-state index contributed by atoms with van der Waals surface area (Å²) in [6.45, 7) is 4.18. The molecule has 0 aromatic rings. The number of rotatable bonds is 3. The second kappa shape index (κ2) is 5.58. The molecule has 1 atom stereocenters. The third kappa shape index (κ3) is 3.38. The van der Waals surface area contributed by atoms with Crippen LogP contribution in [0.2, 0.25) is 0 Å². The highest BCUT2D eigenvalue weighted by molar-refractivity contribution is 9.09. The van der Waals surface area contributed by atoms with E-state index in [0.717, 1.165) is 17.5 Å². The van der Waals surface area contributed by atoms with Gasteiger partial charge in [0, 0.05) is 17.9 Å². The molecular formula is C11H20BrNOS. The largest absolute Gasteiger partial charge is 0.339 e. The first-order valence-corrected chi connectivity index (χ1v) is 7.61. The molecule has 1 saturated heterocycles. The van der Waals surface area contributed by atoms with Gasteiger partial charge in [0.15, 0.2) is 0 Å². The highest BCUT2D eigenvalue weighted by Gasteiger charge is 2.32. The number of hydrogen-bond donors (Lipinski definition) is 0. The lowest BCUT2D eigenvalue weighted by Gasteiger charge is -2.37. The molecular weight excluding hydrogens is 274 g/mol. The Morgan fingerprint density at radius 2 is 2.20 bits per heavy atom. The van der Waals surface area contributed by atoms with E-state index in [1.54, 1.807) is 0 Å². The van der Waals surface area contributed by atoms with Crippen molar-refractivity contribution < 1.29 is 4.79 Å². The van der Waals surface area contributed by atoms with Crippen molar-refractivity contribution in [2.75, 3.05) is 18.1 Å². The van der Waals surface area contributed by atoms with E-state index < -0.39 is 0 Å². The molecule has 15 heavy (non-hydrogen) atoms. The van der Waals surface area contributed by atoms with E-state index in [9.17, 15) is 4.79 Å². The van der Waals surface area contributed by atoms with Gasteiger partial charge in [-0.3, -0.25) is 4.79 Å². The van der Waals surface area contributed by atoms with Gasteiger partial charge < -0.3 is 4.90 Å². The van der Waals surface area contributed by atoms with E-state index in [0.29, 0.717) is 5.91 Å². The standard InChI is InChI=1S/C11H20BrNOS/c1-11(2,8-12)13(3)10(14)9-6-4-5-7-15-9/h9H,4-8H2,1-3H3. The average Bonchev–Trinajstić information content (AvgIpc) is 2.28. The Bertz CT molecular complexity index is 227. The van der Waals surface area contributed by atoms with Crippen LogP contribution in [0.3, 0.4) is 0 Å². The smallest absolute Gasteiger partial charge is 0.235 e. The van der Waals surface area contributed by atoms with Crippen LogP contribution >= 0.6 is 27.7 Å². The number of hydrogen-bond acceptors (Lipinski definition) is 2. The van der Waals surface area contributed by atoms with Crippen molar-refractivity contribution in [1.82, 2.24) is 4.90 Å². The Morgan fingerprint density at radius 3 is 2.67 bits per heavy atom. The fourth-order valence-corrected chi connectivity index (χ4v) is 3.20. The molecule has 0 aromatic carbocycles. The molecule has 1 rings (SSSR count). The normalized spacial score (nSPS) is 22.5. The van der Waals surface area contributed by atoms with Gasteiger partial charge in [-0.25, -0.2) is 0 Å². The van der Waals surface area contributed by atoms with Crippen LogP contribution in [0.1, 0.15) is 33.1 Å². The number of thioether (sulfide) groups is 1. The van der Waals surface area contributed by atoms with Crippen molar-refractivity contribution in [3.63, 3.8) is 0 Å². The topological polar surface area (TPSA) is 20.3 Å². The molecule has 1 fully saturated rings. The predicted octanol–water partition coefficient (Wildman–Crippen LogP) is 2.90. The van der Waals surface area contributed by atoms with Crippen molar-refractivity contribution in [1.29, 1.82) is 0 Å². The maximum absolute atomic E-state index is 12.2. The fraction of sp³-hybridized carbons (Fsp3) is 0.909. The van der Waals surface area contributed by atoms with Crippen LogP contribution in [0, 0.1) is 0 Å². The van der Waals surface area contributed by atoms with Gasteiger partial charge in [0.05, 0.1) is 5.25 Å². The van der Waals surface area contributed by atoms with E-state index in [4.69, 9.17) is 0 Å². The molecule has 0 N–H and O–H groups in total. The van der Waals surface area contributed by atoms with Gasteiger partial charge in [0.25, 0.3) is 0 Å². The van der Waals surface area contributed by atoms with E-state index in [2.05, 4.69) is 29.8 Å². The van der Waals surface area contributed by atoms with Gasteiger partial charge in [0.2, 0.25) is 5.91 Å². The molecule has 1 aliphatic rings. The Balaban J connectivity index is 2.58. The number of carbonyl (C=O) groups excluding carboxylic acids is 1. The summed E-state index contributed by atoms with van der Waals surface area (Å²) in [5.41, 5.74) is -0.0882. The van der Waals surface area contributed by atoms with Gasteiger partial charge in [-0.15, -0.1) is 11.8 Å². The molecule has 1 unspecified atom stereocenters. The minimum atomic E-state index is -0.0882. The van der Waals surface area contributed by atoms with Crippen molar-refractivity contribution in [3.8, 4) is 0 Å². The SMILES string of the molecule is CN(C(=O)C1CCCCS1)C(C)(C)CBr. The van der Waals surface area contributed by atoms with Gasteiger partial charge in [-0.2, -0.15) is 0 Å². The maximum atomic E-state index is 12.2. The Morgan fingerprint density at radius 1 is 1.53 bits per heavy atom. The van der Waals surface area contributed by atoms with Crippen LogP contribution in [-0.2, 0) is 4.79 Å². The van der Waals surface area contributed by atoms with Crippen molar-refractivity contribution >= 4 is 33.6 Å². The van der Waals surface area contributed by atoms with Crippen LogP contribution in [0.5, 0.6) is 0 Å². The first-order valence-electron chi connectivity index (χ1n) is 5.44. The summed E-state index contributed by atoms with van der Waals surface area (Å²) in [6, 6.07) is 0. The first-order chi connectivity index (χ1) is 6.99. The molecule has 1 amide bonds. The van der Waals surface area contributed by atoms with Crippen LogP contribution < -0.4 is 0 Å². The van der Waals surface area contributed by atoms with Crippen LogP contribution in [-0.4, -0.2) is 39.7 Å². The summed E-state index contributed by atoms with van der Waals surface area (Å²) in [6.07, 6.45) is 3.51. The Hall–Kier alpha value is 0.300. The zero-order valence-corrected chi connectivity index (χ0v) is 12.2. The highest BCUT2D eigenvalue weighted by Crippen LogP contribution is 2.28. The number of amides is 1. The molecule has 0 aromatic heterocycles. The zero-order chi connectivity index (χ0) is 11.5. The highest BCUT2D eigenvalue weighted by atomic mass is 79.9. The molecule has 2 nitrogen and oxygen atoms in total. The zero-order valence-electron chi connectivity index (χ0n) is 9.75. The lowest BCUT2D eigenvalue weighted by molar-refractivity contribution is -0.133. The second-order valence-electron chi connectivity index (χ2n) is 4.70. The summed E-state index contributed by atoms with van der Waals surface area (Å²) in [5, 5.41) is 1.02. The number of alkyl halides is 1. The van der Waals surface area contributed by atoms with Gasteiger partial charge in [0.1, 0.15) is 0 Å². The molecule has 88 valence electrons. The Kier molecular flexibility index (Phi) is 4.97. The monoisotopic (exact) mass is 293 g/mol. The van der Waals surface area contributed by atoms with Crippen molar-refractivity contribution in [2.45, 2.75) is 43.9 Å². The minimum Gasteiger partial charge on any atom is -0.339 e. The Labute approximate surface area is 105 Å². The summed E-state index contributed by atoms with van der Waals surface area (Å²) in [5.74, 6) is 1.43. The first kappa shape index (κ1) is 13.4. The minimum absolute atomic E-state index is 0.0882. The molecule has 0 bridgehead atoms. The third-order valence-corrected chi connectivity index (χ3v) is 5.76. The van der Waals surface area contributed by atoms with Gasteiger partial charge >= 0.3 is 0 Å². The molecule has 1 aliphatic heterocycles. The van der Waals surface area contributed by atoms with Crippen LogP contribution in [0.25, 0.3) is 0 Å². The third-order valence-electron chi connectivity index (χ3n) is 3.02. The van der Waals surface area contributed by atoms with Gasteiger partial charge in [-0.1, -0.05) is 22.4 Å². The van der Waals surface area contributed by atoms with E-state index >= 15 is 0 Å². The van der Waals surface area contributed by atoms with Crippen molar-refractivity contribution in [2.24, 2.45) is 0 Å². The number of nitrogens with zero attached hydrogens (tertiary/aromatic N) is 1. The van der Waals surface area contributed by atoms with Crippen molar-refractivity contribution in [3.05, 3.63) is 0 Å². The maximum Gasteiger partial charge on any atom is 0.235 e. The summed E-state index contributed by atoms with van der Waals surface area (Å²) in [7, 11) is 1.92. The number of carbonyl (C=O) groups is 1. The van der Waals surface area contributed by atoms with E-state index in [1.807, 2.05) is 23.7 Å². The molecule has 1 heterocycles. The van der Waals surface area contributed by atoms with E-state index in [-0.39, 0.29) is 10.8 Å². The predicted molar refractivity (Wildman–Crippen MR) is 70.7 cm³/mol. The quantitative estimate of drug-likeness (QED) is 0.746. The lowest BCUT2D eigenvalue weighted by atomic mass is 10.1. The lowest BCUT2D eigenvalue weighted by Crippen LogP contribution is -2.49. The molecule has 0 spiro atoms. The fourth-order valence-electron chi connectivity index (χ4n) is 1.54. The molecule has 0 radical (unpaired) electrons. The summed E-state index contributed by atoms with van der Waals surface area (Å²) < 4.78 is 0. The second-order valence-corrected chi connectivity index (χ2v) is 6.57. The molecule has 0 saturated carbocycles. The van der Waals surface area contributed by atoms with Gasteiger partial charge in [-0.05, 0) is 32.4 Å². The van der Waals surface area contributed by atoms with Crippen LogP contribution in [0.4, 0.5) is 0 Å². The molecule has 0 aliphatic carbocycles. The molecule has 4 heteroatoms. The average molecular weight is 294 g/mol. The summed E-state index contributed by atoms with van der Waals surface area (Å²) in [4.78, 5) is 14.1. The summed E-state index contributed by atoms with van der Waals surface area (Å²) >= 11 is 5.28. The number of halogens is 1. The van der Waals surface area contributed by atoms with Crippen LogP contribution in [0.15, 0.2) is 0 Å².